The summed E-state index contributed by atoms with van der Waals surface area (Å²) in [6.07, 6.45) is 0. The van der Waals surface area contributed by atoms with Crippen LogP contribution >= 0.6 is 0 Å². The van der Waals surface area contributed by atoms with Crippen molar-refractivity contribution in [3.05, 3.63) is 39.4 Å². The molecule has 1 aromatic carbocycles. The van der Waals surface area contributed by atoms with Gasteiger partial charge >= 0.3 is 0 Å². The fourth-order valence-electron chi connectivity index (χ4n) is 1.97. The number of hydrogen-bond acceptors (Lipinski definition) is 5. The van der Waals surface area contributed by atoms with Crippen LogP contribution < -0.4 is 5.73 Å². The molecule has 0 bridgehead atoms. The highest BCUT2D eigenvalue weighted by Crippen LogP contribution is 2.20. The summed E-state index contributed by atoms with van der Waals surface area (Å²) >= 11 is 0. The first-order valence-corrected chi connectivity index (χ1v) is 6.63. The Balaban J connectivity index is 3.10. The molecule has 0 aliphatic carbocycles. The minimum absolute atomic E-state index is 0.0667. The number of carbonyl (C=O) groups is 2. The number of nitrogens with two attached hydrogens (primary N) is 1. The predicted octanol–water partition coefficient (Wildman–Crippen LogP) is 0.866. The zero-order valence-electron chi connectivity index (χ0n) is 12.7. The summed E-state index contributed by atoms with van der Waals surface area (Å²) in [5.41, 5.74) is 5.81. The minimum Gasteiger partial charge on any atom is -0.383 e. The van der Waals surface area contributed by atoms with Gasteiger partial charge < -0.3 is 15.4 Å². The maximum Gasteiger partial charge on any atom is 0.272 e. The Kier molecular flexibility index (Phi) is 6.00. The molecule has 0 heterocycles. The molecule has 0 saturated carbocycles. The second-order valence-electron chi connectivity index (χ2n) is 4.83. The number of ether oxygens (including phenoxy) is 1. The van der Waals surface area contributed by atoms with E-state index >= 15 is 0 Å². The molecule has 120 valence electrons. The predicted molar refractivity (Wildman–Crippen MR) is 79.4 cm³/mol. The van der Waals surface area contributed by atoms with Crippen LogP contribution in [0, 0.1) is 17.0 Å². The van der Waals surface area contributed by atoms with Gasteiger partial charge in [-0.05, 0) is 26.0 Å². The lowest BCUT2D eigenvalue weighted by Crippen LogP contribution is -2.47. The van der Waals surface area contributed by atoms with Crippen molar-refractivity contribution < 1.29 is 19.2 Å². The van der Waals surface area contributed by atoms with Crippen molar-refractivity contribution in [2.24, 2.45) is 5.73 Å². The lowest BCUT2D eigenvalue weighted by atomic mass is 10.1. The highest BCUT2D eigenvalue weighted by Gasteiger charge is 2.25. The number of nitro benzene ring substituents is 1. The number of benzene rings is 1. The van der Waals surface area contributed by atoms with Crippen molar-refractivity contribution in [2.45, 2.75) is 19.9 Å². The second-order valence-corrected chi connectivity index (χ2v) is 4.83. The molecule has 0 aliphatic rings. The lowest BCUT2D eigenvalue weighted by molar-refractivity contribution is -0.385. The van der Waals surface area contributed by atoms with Gasteiger partial charge in [-0.25, -0.2) is 0 Å². The van der Waals surface area contributed by atoms with Crippen molar-refractivity contribution in [3.8, 4) is 0 Å². The molecule has 1 rings (SSSR count). The van der Waals surface area contributed by atoms with Crippen molar-refractivity contribution in [1.82, 2.24) is 4.90 Å². The summed E-state index contributed by atoms with van der Waals surface area (Å²) < 4.78 is 4.93. The summed E-state index contributed by atoms with van der Waals surface area (Å²) in [7, 11) is 1.48. The molecule has 22 heavy (non-hydrogen) atoms. The Hall–Kier alpha value is -2.48. The number of nitrogens with zero attached hydrogens (tertiary/aromatic N) is 2. The fraction of sp³-hybridized carbons (Fsp3) is 0.429. The normalized spacial score (nSPS) is 11.8. The van der Waals surface area contributed by atoms with Crippen LogP contribution in [0.5, 0.6) is 0 Å². The molecule has 0 unspecified atom stereocenters. The van der Waals surface area contributed by atoms with Gasteiger partial charge in [-0.15, -0.1) is 0 Å². The van der Waals surface area contributed by atoms with Crippen LogP contribution in [-0.2, 0) is 9.53 Å². The molecule has 8 heteroatoms. The van der Waals surface area contributed by atoms with Crippen molar-refractivity contribution in [1.29, 1.82) is 0 Å². The standard InChI is InChI=1S/C14H19N3O5/c1-9-8-11(4-5-12(9)17(20)21)14(19)16(6-7-22-3)10(2)13(15)18/h4-5,8,10H,6-7H2,1-3H3,(H2,15,18)/t10-/m1/s1. The Bertz CT molecular complexity index is 588. The largest absolute Gasteiger partial charge is 0.383 e. The quantitative estimate of drug-likeness (QED) is 0.592. The van der Waals surface area contributed by atoms with E-state index in [-0.39, 0.29) is 24.4 Å². The van der Waals surface area contributed by atoms with Crippen molar-refractivity contribution >= 4 is 17.5 Å². The number of primary amides is 1. The lowest BCUT2D eigenvalue weighted by Gasteiger charge is -2.27. The molecular formula is C14H19N3O5. The van der Waals surface area contributed by atoms with E-state index < -0.39 is 22.8 Å². The van der Waals surface area contributed by atoms with Crippen LogP contribution in [0.15, 0.2) is 18.2 Å². The number of rotatable bonds is 7. The van der Waals surface area contributed by atoms with Gasteiger partial charge in [0.1, 0.15) is 6.04 Å². The molecule has 0 aliphatic heterocycles. The smallest absolute Gasteiger partial charge is 0.272 e. The van der Waals surface area contributed by atoms with E-state index in [0.717, 1.165) is 0 Å². The summed E-state index contributed by atoms with van der Waals surface area (Å²) in [4.78, 5) is 35.4. The second kappa shape index (κ2) is 7.51. The summed E-state index contributed by atoms with van der Waals surface area (Å²) in [6.45, 7) is 3.50. The van der Waals surface area contributed by atoms with Crippen LogP contribution in [0.1, 0.15) is 22.8 Å². The van der Waals surface area contributed by atoms with Crippen LogP contribution in [0.4, 0.5) is 5.69 Å². The first kappa shape index (κ1) is 17.6. The van der Waals surface area contributed by atoms with Gasteiger partial charge in [0, 0.05) is 30.8 Å². The number of hydrogen-bond donors (Lipinski definition) is 1. The maximum atomic E-state index is 12.5. The molecule has 2 amide bonds. The van der Waals surface area contributed by atoms with E-state index in [9.17, 15) is 19.7 Å². The van der Waals surface area contributed by atoms with E-state index in [2.05, 4.69) is 0 Å². The Morgan fingerprint density at radius 3 is 2.55 bits per heavy atom. The van der Waals surface area contributed by atoms with E-state index in [1.54, 1.807) is 6.92 Å². The van der Waals surface area contributed by atoms with Gasteiger partial charge in [-0.1, -0.05) is 0 Å². The monoisotopic (exact) mass is 309 g/mol. The molecule has 8 nitrogen and oxygen atoms in total. The number of carbonyl (C=O) groups excluding carboxylic acids is 2. The van der Waals surface area contributed by atoms with Gasteiger partial charge in [-0.3, -0.25) is 19.7 Å². The molecule has 1 aromatic rings. The van der Waals surface area contributed by atoms with E-state index in [1.807, 2.05) is 0 Å². The van der Waals surface area contributed by atoms with Gasteiger partial charge in [-0.2, -0.15) is 0 Å². The van der Waals surface area contributed by atoms with Gasteiger partial charge in [0.15, 0.2) is 0 Å². The van der Waals surface area contributed by atoms with Crippen LogP contribution in [0.2, 0.25) is 0 Å². The number of nitro groups is 1. The average Bonchev–Trinajstić information content (AvgIpc) is 2.46. The Morgan fingerprint density at radius 2 is 2.09 bits per heavy atom. The summed E-state index contributed by atoms with van der Waals surface area (Å²) in [6, 6.07) is 3.25. The Labute approximate surface area is 128 Å². The minimum atomic E-state index is -0.807. The van der Waals surface area contributed by atoms with Crippen LogP contribution in [0.3, 0.4) is 0 Å². The highest BCUT2D eigenvalue weighted by molar-refractivity contribution is 5.97. The highest BCUT2D eigenvalue weighted by atomic mass is 16.6. The molecule has 1 atom stereocenters. The SMILES string of the molecule is COCCN(C(=O)c1ccc([N+](=O)[O-])c(C)c1)[C@H](C)C(N)=O. The zero-order valence-corrected chi connectivity index (χ0v) is 12.7. The van der Waals surface area contributed by atoms with Crippen molar-refractivity contribution in [3.63, 3.8) is 0 Å². The molecule has 0 fully saturated rings. The molecule has 2 N–H and O–H groups in total. The number of amides is 2. The van der Waals surface area contributed by atoms with E-state index in [0.29, 0.717) is 5.56 Å². The number of methoxy groups -OCH3 is 1. The number of aryl methyl sites for hydroxylation is 1. The van der Waals surface area contributed by atoms with E-state index in [1.165, 1.54) is 37.1 Å². The molecule has 0 radical (unpaired) electrons. The molecule has 0 aromatic heterocycles. The molecule has 0 saturated heterocycles. The average molecular weight is 309 g/mol. The third kappa shape index (κ3) is 4.01. The van der Waals surface area contributed by atoms with E-state index in [4.69, 9.17) is 10.5 Å². The first-order valence-electron chi connectivity index (χ1n) is 6.63. The van der Waals surface area contributed by atoms with Crippen LogP contribution in [0.25, 0.3) is 0 Å². The molecular weight excluding hydrogens is 290 g/mol. The fourth-order valence-corrected chi connectivity index (χ4v) is 1.97. The summed E-state index contributed by atoms with van der Waals surface area (Å²) in [5.74, 6) is -1.07. The third-order valence-corrected chi connectivity index (χ3v) is 3.32. The molecule has 0 spiro atoms. The summed E-state index contributed by atoms with van der Waals surface area (Å²) in [5, 5.41) is 10.8. The first-order chi connectivity index (χ1) is 10.3. The van der Waals surface area contributed by atoms with Crippen molar-refractivity contribution in [2.75, 3.05) is 20.3 Å². The third-order valence-electron chi connectivity index (χ3n) is 3.32. The topological polar surface area (TPSA) is 116 Å². The van der Waals surface area contributed by atoms with Gasteiger partial charge in [0.25, 0.3) is 11.6 Å². The maximum absolute atomic E-state index is 12.5. The zero-order chi connectivity index (χ0) is 16.9. The van der Waals surface area contributed by atoms with Gasteiger partial charge in [0.2, 0.25) is 5.91 Å². The Morgan fingerprint density at radius 1 is 1.45 bits per heavy atom. The van der Waals surface area contributed by atoms with Gasteiger partial charge in [0.05, 0.1) is 11.5 Å². The van der Waals surface area contributed by atoms with Crippen LogP contribution in [-0.4, -0.2) is 47.9 Å².